The molecule has 1 fully saturated rings. The van der Waals surface area contributed by atoms with Gasteiger partial charge in [0.2, 0.25) is 5.91 Å². The largest absolute Gasteiger partial charge is 0.386 e. The number of carbonyl (C=O) groups is 1. The van der Waals surface area contributed by atoms with E-state index in [2.05, 4.69) is 0 Å². The van der Waals surface area contributed by atoms with E-state index < -0.39 is 12.1 Å². The van der Waals surface area contributed by atoms with Crippen molar-refractivity contribution in [3.05, 3.63) is 34.9 Å². The first-order valence-electron chi connectivity index (χ1n) is 6.07. The Kier molecular flexibility index (Phi) is 6.07. The Morgan fingerprint density at radius 2 is 1.79 bits per heavy atom. The Hall–Kier alpha value is -0.810. The van der Waals surface area contributed by atoms with Crippen LogP contribution in [0.15, 0.2) is 24.3 Å². The van der Waals surface area contributed by atoms with Crippen LogP contribution in [0.1, 0.15) is 24.5 Å². The number of nitrogens with two attached hydrogens (primary N) is 1. The Bertz CT molecular complexity index is 419. The third-order valence-electron chi connectivity index (χ3n) is 3.25. The molecule has 106 valence electrons. The van der Waals surface area contributed by atoms with E-state index in [1.165, 1.54) is 0 Å². The smallest absolute Gasteiger partial charge is 0.242 e. The Morgan fingerprint density at radius 3 is 2.32 bits per heavy atom. The van der Waals surface area contributed by atoms with E-state index >= 15 is 0 Å². The maximum Gasteiger partial charge on any atom is 0.242 e. The number of likely N-dealkylation sites (tertiary alicyclic amines) is 1. The van der Waals surface area contributed by atoms with Gasteiger partial charge in [0.05, 0.1) is 0 Å². The lowest BCUT2D eigenvalue weighted by Crippen LogP contribution is -2.45. The standard InChI is InChI=1S/C13H17ClN2O2.ClH/c14-10-5-3-9(4-6-10)12(17)11(15)13(18)16-7-1-2-8-16;/h3-6,11-12,17H,1-2,7-8,15H2;1H/t11-,12+;/m1./s1. The summed E-state index contributed by atoms with van der Waals surface area (Å²) in [6.07, 6.45) is 1.03. The maximum absolute atomic E-state index is 12.0. The summed E-state index contributed by atoms with van der Waals surface area (Å²) < 4.78 is 0. The summed E-state index contributed by atoms with van der Waals surface area (Å²) in [6, 6.07) is 5.80. The summed E-state index contributed by atoms with van der Waals surface area (Å²) in [5.41, 5.74) is 6.45. The molecule has 2 rings (SSSR count). The fraction of sp³-hybridized carbons (Fsp3) is 0.462. The number of benzene rings is 1. The fourth-order valence-electron chi connectivity index (χ4n) is 2.15. The molecule has 1 heterocycles. The third kappa shape index (κ3) is 3.83. The fourth-order valence-corrected chi connectivity index (χ4v) is 2.28. The molecule has 4 nitrogen and oxygen atoms in total. The van der Waals surface area contributed by atoms with Gasteiger partial charge < -0.3 is 15.7 Å². The molecule has 1 aromatic rings. The van der Waals surface area contributed by atoms with Gasteiger partial charge in [0.25, 0.3) is 0 Å². The van der Waals surface area contributed by atoms with Gasteiger partial charge in [0.15, 0.2) is 0 Å². The topological polar surface area (TPSA) is 66.6 Å². The molecule has 0 bridgehead atoms. The molecule has 0 aromatic heterocycles. The number of hydrogen-bond donors (Lipinski definition) is 2. The number of rotatable bonds is 3. The lowest BCUT2D eigenvalue weighted by molar-refractivity contribution is -0.134. The summed E-state index contributed by atoms with van der Waals surface area (Å²) in [5, 5.41) is 10.7. The number of aliphatic hydroxyl groups excluding tert-OH is 1. The van der Waals surface area contributed by atoms with Crippen molar-refractivity contribution in [3.63, 3.8) is 0 Å². The van der Waals surface area contributed by atoms with Gasteiger partial charge in [-0.25, -0.2) is 0 Å². The van der Waals surface area contributed by atoms with Gasteiger partial charge in [0, 0.05) is 18.1 Å². The van der Waals surface area contributed by atoms with Gasteiger partial charge in [-0.15, -0.1) is 12.4 Å². The van der Waals surface area contributed by atoms with Crippen molar-refractivity contribution in [1.82, 2.24) is 4.90 Å². The highest BCUT2D eigenvalue weighted by molar-refractivity contribution is 6.30. The Morgan fingerprint density at radius 1 is 1.26 bits per heavy atom. The van der Waals surface area contributed by atoms with Gasteiger partial charge in [-0.3, -0.25) is 4.79 Å². The third-order valence-corrected chi connectivity index (χ3v) is 3.51. The molecule has 1 saturated heterocycles. The molecule has 0 saturated carbocycles. The zero-order valence-electron chi connectivity index (χ0n) is 10.5. The van der Waals surface area contributed by atoms with Crippen molar-refractivity contribution in [2.45, 2.75) is 25.0 Å². The number of hydrogen-bond acceptors (Lipinski definition) is 3. The molecule has 1 aliphatic rings. The van der Waals surface area contributed by atoms with Crippen LogP contribution in [-0.4, -0.2) is 35.0 Å². The lowest BCUT2D eigenvalue weighted by atomic mass is 10.0. The zero-order valence-corrected chi connectivity index (χ0v) is 12.0. The number of carbonyl (C=O) groups excluding carboxylic acids is 1. The summed E-state index contributed by atoms with van der Waals surface area (Å²) in [6.45, 7) is 1.47. The second-order valence-corrected chi connectivity index (χ2v) is 4.99. The lowest BCUT2D eigenvalue weighted by Gasteiger charge is -2.24. The quantitative estimate of drug-likeness (QED) is 0.894. The monoisotopic (exact) mass is 304 g/mol. The van der Waals surface area contributed by atoms with Crippen LogP contribution in [0.2, 0.25) is 5.02 Å². The highest BCUT2D eigenvalue weighted by atomic mass is 35.5. The molecule has 0 radical (unpaired) electrons. The van der Waals surface area contributed by atoms with Crippen LogP contribution in [0, 0.1) is 0 Å². The first-order chi connectivity index (χ1) is 8.59. The molecule has 1 aliphatic heterocycles. The molecular weight excluding hydrogens is 287 g/mol. The average molecular weight is 305 g/mol. The van der Waals surface area contributed by atoms with Gasteiger partial charge in [-0.2, -0.15) is 0 Å². The van der Waals surface area contributed by atoms with E-state index in [4.69, 9.17) is 17.3 Å². The molecule has 0 aliphatic carbocycles. The summed E-state index contributed by atoms with van der Waals surface area (Å²) in [5.74, 6) is -0.185. The van der Waals surface area contributed by atoms with Crippen molar-refractivity contribution in [2.75, 3.05) is 13.1 Å². The minimum Gasteiger partial charge on any atom is -0.386 e. The van der Waals surface area contributed by atoms with Crippen LogP contribution < -0.4 is 5.73 Å². The summed E-state index contributed by atoms with van der Waals surface area (Å²) in [4.78, 5) is 13.8. The van der Waals surface area contributed by atoms with Crippen LogP contribution in [0.4, 0.5) is 0 Å². The van der Waals surface area contributed by atoms with E-state index in [0.717, 1.165) is 25.9 Å². The first kappa shape index (κ1) is 16.2. The van der Waals surface area contributed by atoms with Crippen molar-refractivity contribution in [3.8, 4) is 0 Å². The summed E-state index contributed by atoms with van der Waals surface area (Å²) in [7, 11) is 0. The summed E-state index contributed by atoms with van der Waals surface area (Å²) >= 11 is 5.77. The second kappa shape index (κ2) is 7.10. The number of nitrogens with zero attached hydrogens (tertiary/aromatic N) is 1. The van der Waals surface area contributed by atoms with Crippen molar-refractivity contribution >= 4 is 29.9 Å². The average Bonchev–Trinajstić information content (AvgIpc) is 2.91. The second-order valence-electron chi connectivity index (χ2n) is 4.55. The van der Waals surface area contributed by atoms with Crippen LogP contribution in [0.25, 0.3) is 0 Å². The normalized spacial score (nSPS) is 17.7. The molecule has 1 amide bonds. The van der Waals surface area contributed by atoms with Crippen molar-refractivity contribution in [2.24, 2.45) is 5.73 Å². The van der Waals surface area contributed by atoms with Crippen LogP contribution in [-0.2, 0) is 4.79 Å². The highest BCUT2D eigenvalue weighted by Gasteiger charge is 2.29. The van der Waals surface area contributed by atoms with Gasteiger partial charge in [0.1, 0.15) is 12.1 Å². The van der Waals surface area contributed by atoms with E-state index in [-0.39, 0.29) is 18.3 Å². The maximum atomic E-state index is 12.0. The van der Waals surface area contributed by atoms with E-state index in [1.54, 1.807) is 29.2 Å². The van der Waals surface area contributed by atoms with Crippen LogP contribution >= 0.6 is 24.0 Å². The molecule has 19 heavy (non-hydrogen) atoms. The molecule has 1 aromatic carbocycles. The highest BCUT2D eigenvalue weighted by Crippen LogP contribution is 2.20. The Labute approximate surface area is 123 Å². The number of amides is 1. The van der Waals surface area contributed by atoms with Crippen molar-refractivity contribution in [1.29, 1.82) is 0 Å². The van der Waals surface area contributed by atoms with Gasteiger partial charge >= 0.3 is 0 Å². The number of aliphatic hydroxyl groups is 1. The van der Waals surface area contributed by atoms with E-state index in [1.807, 2.05) is 0 Å². The molecular formula is C13H18Cl2N2O2. The van der Waals surface area contributed by atoms with Crippen LogP contribution in [0.5, 0.6) is 0 Å². The molecule has 6 heteroatoms. The zero-order chi connectivity index (χ0) is 13.1. The number of halogens is 2. The predicted octanol–water partition coefficient (Wildman–Crippen LogP) is 1.74. The van der Waals surface area contributed by atoms with Crippen molar-refractivity contribution < 1.29 is 9.90 Å². The molecule has 2 atom stereocenters. The van der Waals surface area contributed by atoms with Gasteiger partial charge in [-0.1, -0.05) is 23.7 Å². The molecule has 0 spiro atoms. The van der Waals surface area contributed by atoms with Crippen LogP contribution in [0.3, 0.4) is 0 Å². The molecule has 3 N–H and O–H groups in total. The SMILES string of the molecule is Cl.N[C@@H](C(=O)N1CCCC1)[C@@H](O)c1ccc(Cl)cc1. The first-order valence-corrected chi connectivity index (χ1v) is 6.45. The molecule has 0 unspecified atom stereocenters. The minimum absolute atomic E-state index is 0. The van der Waals surface area contributed by atoms with Gasteiger partial charge in [-0.05, 0) is 30.5 Å². The van der Waals surface area contributed by atoms with E-state index in [0.29, 0.717) is 10.6 Å². The predicted molar refractivity (Wildman–Crippen MR) is 77.4 cm³/mol. The van der Waals surface area contributed by atoms with E-state index in [9.17, 15) is 9.90 Å². The Balaban J connectivity index is 0.00000180. The minimum atomic E-state index is -0.990.